The van der Waals surface area contributed by atoms with Crippen molar-refractivity contribution < 1.29 is 8.78 Å². The molecule has 1 fully saturated rings. The fourth-order valence-electron chi connectivity index (χ4n) is 4.52. The van der Waals surface area contributed by atoms with Gasteiger partial charge >= 0.3 is 0 Å². The molecule has 7 heteroatoms. The first kappa shape index (κ1) is 29.5. The Morgan fingerprint density at radius 1 is 1.19 bits per heavy atom. The Bertz CT molecular complexity index is 1150. The third-order valence-corrected chi connectivity index (χ3v) is 6.83. The predicted molar refractivity (Wildman–Crippen MR) is 148 cm³/mol. The minimum atomic E-state index is -0.586. The molecule has 0 bridgehead atoms. The fourth-order valence-corrected chi connectivity index (χ4v) is 4.88. The Labute approximate surface area is 218 Å². The molecule has 1 aliphatic heterocycles. The number of halogens is 3. The molecule has 0 radical (unpaired) electrons. The summed E-state index contributed by atoms with van der Waals surface area (Å²) in [4.78, 5) is 15.3. The molecule has 4 nitrogen and oxygen atoms in total. The third kappa shape index (κ3) is 7.40. The molecule has 0 amide bonds. The van der Waals surface area contributed by atoms with Gasteiger partial charge in [0.2, 0.25) is 0 Å². The lowest BCUT2D eigenvalue weighted by atomic mass is 9.92. The molecule has 3 rings (SSSR count). The van der Waals surface area contributed by atoms with E-state index in [0.29, 0.717) is 11.6 Å². The van der Waals surface area contributed by atoms with Gasteiger partial charge in [-0.1, -0.05) is 62.4 Å². The van der Waals surface area contributed by atoms with E-state index in [1.807, 2.05) is 19.9 Å². The van der Waals surface area contributed by atoms with E-state index in [-0.39, 0.29) is 22.4 Å². The lowest BCUT2D eigenvalue weighted by molar-refractivity contribution is 0.137. The van der Waals surface area contributed by atoms with Gasteiger partial charge < -0.3 is 0 Å². The summed E-state index contributed by atoms with van der Waals surface area (Å²) >= 11 is 6.51. The summed E-state index contributed by atoms with van der Waals surface area (Å²) in [5.41, 5.74) is 1.94. The molecule has 2 heterocycles. The second-order valence-corrected chi connectivity index (χ2v) is 9.06. The molecule has 36 heavy (non-hydrogen) atoms. The Hall–Kier alpha value is -2.70. The van der Waals surface area contributed by atoms with Crippen LogP contribution < -0.4 is 5.56 Å². The molecule has 196 valence electrons. The maximum atomic E-state index is 13.1. The number of likely N-dealkylation sites (tertiary alicyclic amines) is 1. The van der Waals surface area contributed by atoms with Crippen molar-refractivity contribution in [3.63, 3.8) is 0 Å². The predicted octanol–water partition coefficient (Wildman–Crippen LogP) is 7.78. The average Bonchev–Trinajstić information content (AvgIpc) is 3.10. The van der Waals surface area contributed by atoms with Gasteiger partial charge in [-0.2, -0.15) is 0 Å². The van der Waals surface area contributed by atoms with Crippen LogP contribution in [0.4, 0.5) is 8.78 Å². The normalized spacial score (nSPS) is 16.4. The fraction of sp³-hybridized carbons (Fsp3) is 0.414. The first-order chi connectivity index (χ1) is 17.2. The Balaban J connectivity index is 0.00000222. The van der Waals surface area contributed by atoms with Crippen LogP contribution in [0.25, 0.3) is 11.8 Å². The van der Waals surface area contributed by atoms with E-state index < -0.39 is 5.83 Å². The number of hydrogen-bond donors (Lipinski definition) is 0. The summed E-state index contributed by atoms with van der Waals surface area (Å²) in [6.45, 7) is 12.9. The zero-order valence-corrected chi connectivity index (χ0v) is 22.7. The van der Waals surface area contributed by atoms with E-state index in [1.165, 1.54) is 29.0 Å². The number of hydrogen-bond acceptors (Lipinski definition) is 2. The van der Waals surface area contributed by atoms with Gasteiger partial charge in [0.05, 0.1) is 17.4 Å². The van der Waals surface area contributed by atoms with Gasteiger partial charge in [-0.15, -0.1) is 0 Å². The average molecular weight is 518 g/mol. The van der Waals surface area contributed by atoms with Gasteiger partial charge in [0.15, 0.2) is 0 Å². The molecule has 1 unspecified atom stereocenters. The molecule has 1 aromatic heterocycles. The van der Waals surface area contributed by atoms with E-state index in [4.69, 9.17) is 11.6 Å². The lowest BCUT2D eigenvalue weighted by Gasteiger charge is -2.36. The quantitative estimate of drug-likeness (QED) is 0.334. The van der Waals surface area contributed by atoms with Crippen LogP contribution in [0.15, 0.2) is 65.8 Å². The summed E-state index contributed by atoms with van der Waals surface area (Å²) in [5, 5.41) is 0.186. The van der Waals surface area contributed by atoms with Crippen LogP contribution in [-0.2, 0) is 7.05 Å². The minimum absolute atomic E-state index is 0.0413. The van der Waals surface area contributed by atoms with Crippen LogP contribution in [0.5, 0.6) is 0 Å². The van der Waals surface area contributed by atoms with E-state index in [1.54, 1.807) is 36.9 Å². The highest BCUT2D eigenvalue weighted by Crippen LogP contribution is 2.31. The number of piperidine rings is 1. The van der Waals surface area contributed by atoms with Crippen molar-refractivity contribution in [1.29, 1.82) is 0 Å². The number of benzene rings is 1. The number of allylic oxidation sites excluding steroid dienone is 6. The summed E-state index contributed by atoms with van der Waals surface area (Å²) < 4.78 is 29.4. The van der Waals surface area contributed by atoms with Crippen LogP contribution in [0.3, 0.4) is 0 Å². The number of aromatic nitrogens is 2. The van der Waals surface area contributed by atoms with Crippen LogP contribution in [-0.4, -0.2) is 27.4 Å². The number of nitrogens with zero attached hydrogens (tertiary/aromatic N) is 3. The SMILES string of the molecule is C=C(F)/C=C\C(=C/C)n1c(=O)c(Cl)c(C(C)N2CCC(C/C=C\c3ccc(F)cc3)CC2)n1C.CC. The lowest BCUT2D eigenvalue weighted by Crippen LogP contribution is -2.36. The largest absolute Gasteiger partial charge is 0.295 e. The van der Waals surface area contributed by atoms with E-state index in [2.05, 4.69) is 24.5 Å². The Morgan fingerprint density at radius 2 is 1.81 bits per heavy atom. The highest BCUT2D eigenvalue weighted by Gasteiger charge is 2.29. The molecule has 1 atom stereocenters. The topological polar surface area (TPSA) is 30.2 Å². The first-order valence-electron chi connectivity index (χ1n) is 12.6. The molecule has 0 N–H and O–H groups in total. The highest BCUT2D eigenvalue weighted by molar-refractivity contribution is 6.31. The monoisotopic (exact) mass is 517 g/mol. The minimum Gasteiger partial charge on any atom is -0.295 e. The Morgan fingerprint density at radius 3 is 2.36 bits per heavy atom. The van der Waals surface area contributed by atoms with Crippen molar-refractivity contribution in [2.75, 3.05) is 13.1 Å². The highest BCUT2D eigenvalue weighted by atomic mass is 35.5. The van der Waals surface area contributed by atoms with Crippen molar-refractivity contribution in [2.24, 2.45) is 13.0 Å². The summed E-state index contributed by atoms with van der Waals surface area (Å²) in [6.07, 6.45) is 11.7. The second-order valence-electron chi connectivity index (χ2n) is 8.68. The van der Waals surface area contributed by atoms with Gasteiger partial charge in [0, 0.05) is 7.05 Å². The zero-order chi connectivity index (χ0) is 26.8. The van der Waals surface area contributed by atoms with Crippen LogP contribution in [0.2, 0.25) is 5.02 Å². The summed E-state index contributed by atoms with van der Waals surface area (Å²) in [7, 11) is 1.80. The molecule has 0 spiro atoms. The molecule has 2 aromatic rings. The van der Waals surface area contributed by atoms with Crippen molar-refractivity contribution >= 4 is 23.4 Å². The third-order valence-electron chi connectivity index (χ3n) is 6.47. The van der Waals surface area contributed by atoms with Gasteiger partial charge in [-0.25, -0.2) is 13.5 Å². The van der Waals surface area contributed by atoms with Crippen LogP contribution >= 0.6 is 11.6 Å². The molecule has 1 aliphatic rings. The van der Waals surface area contributed by atoms with Crippen LogP contribution in [0.1, 0.15) is 64.3 Å². The number of rotatable bonds is 8. The van der Waals surface area contributed by atoms with E-state index >= 15 is 0 Å². The van der Waals surface area contributed by atoms with Crippen molar-refractivity contribution in [2.45, 2.75) is 53.0 Å². The maximum absolute atomic E-state index is 13.1. The smallest absolute Gasteiger partial charge is 0.290 e. The van der Waals surface area contributed by atoms with E-state index in [9.17, 15) is 13.6 Å². The first-order valence-corrected chi connectivity index (χ1v) is 12.9. The van der Waals surface area contributed by atoms with Gasteiger partial charge in [-0.3, -0.25) is 14.4 Å². The van der Waals surface area contributed by atoms with Crippen LogP contribution in [0, 0.1) is 11.7 Å². The molecule has 0 aliphatic carbocycles. The maximum Gasteiger partial charge on any atom is 0.290 e. The van der Waals surface area contributed by atoms with Gasteiger partial charge in [0.25, 0.3) is 5.56 Å². The van der Waals surface area contributed by atoms with Crippen molar-refractivity contribution in [3.05, 3.63) is 93.4 Å². The van der Waals surface area contributed by atoms with Gasteiger partial charge in [-0.05, 0) is 82.0 Å². The molecule has 0 saturated carbocycles. The molecular weight excluding hydrogens is 480 g/mol. The zero-order valence-electron chi connectivity index (χ0n) is 22.0. The summed E-state index contributed by atoms with van der Waals surface area (Å²) in [6, 6.07) is 6.45. The molecule has 1 aromatic carbocycles. The van der Waals surface area contributed by atoms with Crippen molar-refractivity contribution in [3.8, 4) is 0 Å². The second kappa shape index (κ2) is 14.1. The van der Waals surface area contributed by atoms with Gasteiger partial charge in [0.1, 0.15) is 16.7 Å². The Kier molecular flexibility index (Phi) is 11.6. The molecule has 1 saturated heterocycles. The van der Waals surface area contributed by atoms with Crippen molar-refractivity contribution in [1.82, 2.24) is 14.3 Å². The van der Waals surface area contributed by atoms with E-state index in [0.717, 1.165) is 43.6 Å². The molecular formula is C29H38ClF2N3O. The standard InChI is InChI=1S/C27H32ClF2N3O.C2H6/c1-5-24(14-9-19(2)29)33-27(34)25(28)26(31(33)4)20(3)32-17-15-22(16-18-32)8-6-7-21-10-12-23(30)13-11-21;1-2/h5-7,9-14,20,22H,2,8,15-18H2,1,3-4H3;1-2H3/b7-6-,14-9-,24-5+;. The summed E-state index contributed by atoms with van der Waals surface area (Å²) in [5.74, 6) is -0.232.